The number of unbranched alkanes of at least 4 members (excludes halogenated alkanes) is 2. The van der Waals surface area contributed by atoms with Gasteiger partial charge in [-0.2, -0.15) is 0 Å². The van der Waals surface area contributed by atoms with Crippen LogP contribution in [0.5, 0.6) is 0 Å². The van der Waals surface area contributed by atoms with Crippen molar-refractivity contribution in [3.8, 4) is 0 Å². The van der Waals surface area contributed by atoms with E-state index >= 15 is 0 Å². The lowest BCUT2D eigenvalue weighted by atomic mass is 10.2. The van der Waals surface area contributed by atoms with Gasteiger partial charge in [0.25, 0.3) is 0 Å². The Kier molecular flexibility index (Phi) is 9.72. The number of amides is 2. The second-order valence-electron chi connectivity index (χ2n) is 6.18. The van der Waals surface area contributed by atoms with Crippen LogP contribution in [0.4, 0.5) is 4.79 Å². The normalized spacial score (nSPS) is 12.2. The van der Waals surface area contributed by atoms with Crippen molar-refractivity contribution in [2.45, 2.75) is 45.3 Å². The van der Waals surface area contributed by atoms with Crippen LogP contribution in [-0.2, 0) is 26.0 Å². The Balaban J connectivity index is 2.55. The zero-order chi connectivity index (χ0) is 19.4. The highest BCUT2D eigenvalue weighted by atomic mass is 32.2. The smallest absolute Gasteiger partial charge is 0.408 e. The summed E-state index contributed by atoms with van der Waals surface area (Å²) in [6.45, 7) is 2.62. The lowest BCUT2D eigenvalue weighted by Gasteiger charge is -2.18. The fourth-order valence-electron chi connectivity index (χ4n) is 2.22. The van der Waals surface area contributed by atoms with Gasteiger partial charge in [0.2, 0.25) is 5.91 Å². The van der Waals surface area contributed by atoms with E-state index in [-0.39, 0.29) is 18.8 Å². The molecule has 1 aromatic carbocycles. The second-order valence-corrected chi connectivity index (χ2v) is 8.44. The molecule has 0 radical (unpaired) electrons. The van der Waals surface area contributed by atoms with Gasteiger partial charge in [-0.25, -0.2) is 13.2 Å². The Morgan fingerprint density at radius 1 is 1.15 bits per heavy atom. The summed E-state index contributed by atoms with van der Waals surface area (Å²) in [4.78, 5) is 24.2. The molecule has 0 fully saturated rings. The summed E-state index contributed by atoms with van der Waals surface area (Å²) < 4.78 is 27.9. The van der Waals surface area contributed by atoms with Gasteiger partial charge in [0, 0.05) is 12.8 Å². The maximum Gasteiger partial charge on any atom is 0.408 e. The molecule has 1 rings (SSSR count). The number of ether oxygens (including phenoxy) is 1. The molecule has 0 aromatic heterocycles. The van der Waals surface area contributed by atoms with Crippen LogP contribution in [0.2, 0.25) is 0 Å². The van der Waals surface area contributed by atoms with Crippen molar-refractivity contribution in [2.75, 3.05) is 18.6 Å². The number of carbonyl (C=O) groups excluding carboxylic acids is 2. The molecule has 0 aliphatic rings. The van der Waals surface area contributed by atoms with E-state index in [0.717, 1.165) is 31.1 Å². The second kappa shape index (κ2) is 11.5. The number of hydrogen-bond acceptors (Lipinski definition) is 5. The summed E-state index contributed by atoms with van der Waals surface area (Å²) in [5.41, 5.74) is 0.819. The maximum absolute atomic E-state index is 12.3. The average Bonchev–Trinajstić information content (AvgIpc) is 2.60. The fourth-order valence-corrected chi connectivity index (χ4v) is 2.88. The van der Waals surface area contributed by atoms with Crippen molar-refractivity contribution in [3.05, 3.63) is 35.9 Å². The van der Waals surface area contributed by atoms with E-state index in [0.29, 0.717) is 6.54 Å². The standard InChI is InChI=1S/C18H28N2O5S/c1-3-4-8-12-19-17(21)16(11-13-26(2,23)24)20-18(22)25-14-15-9-6-5-7-10-15/h5-7,9-10,16H,3-4,8,11-14H2,1-2H3,(H,19,21)(H,20,22). The third-order valence-electron chi connectivity index (χ3n) is 3.68. The monoisotopic (exact) mass is 384 g/mol. The molecule has 1 unspecified atom stereocenters. The Morgan fingerprint density at radius 2 is 1.85 bits per heavy atom. The molecule has 2 N–H and O–H groups in total. The number of rotatable bonds is 11. The summed E-state index contributed by atoms with van der Waals surface area (Å²) in [5, 5.41) is 5.19. The predicted octanol–water partition coefficient (Wildman–Crippen LogP) is 2.02. The Hall–Kier alpha value is -2.09. The molecule has 0 spiro atoms. The molecule has 0 aliphatic carbocycles. The van der Waals surface area contributed by atoms with Crippen molar-refractivity contribution in [1.29, 1.82) is 0 Å². The lowest BCUT2D eigenvalue weighted by molar-refractivity contribution is -0.123. The maximum atomic E-state index is 12.3. The van der Waals surface area contributed by atoms with E-state index < -0.39 is 27.9 Å². The van der Waals surface area contributed by atoms with Crippen LogP contribution in [0.15, 0.2) is 30.3 Å². The predicted molar refractivity (Wildman–Crippen MR) is 100 cm³/mol. The van der Waals surface area contributed by atoms with Gasteiger partial charge in [-0.3, -0.25) is 4.79 Å². The zero-order valence-electron chi connectivity index (χ0n) is 15.4. The fraction of sp³-hybridized carbons (Fsp3) is 0.556. The number of hydrogen-bond donors (Lipinski definition) is 2. The van der Waals surface area contributed by atoms with Crippen molar-refractivity contribution in [3.63, 3.8) is 0 Å². The minimum absolute atomic E-state index is 0.00111. The number of nitrogens with one attached hydrogen (secondary N) is 2. The number of carbonyl (C=O) groups is 2. The minimum Gasteiger partial charge on any atom is -0.445 e. The molecule has 146 valence electrons. The van der Waals surface area contributed by atoms with Gasteiger partial charge in [-0.1, -0.05) is 50.1 Å². The van der Waals surface area contributed by atoms with Crippen molar-refractivity contribution in [1.82, 2.24) is 10.6 Å². The number of benzene rings is 1. The van der Waals surface area contributed by atoms with Gasteiger partial charge >= 0.3 is 6.09 Å². The molecular formula is C18H28N2O5S. The molecular weight excluding hydrogens is 356 g/mol. The highest BCUT2D eigenvalue weighted by Crippen LogP contribution is 2.03. The molecule has 0 saturated heterocycles. The molecule has 0 saturated carbocycles. The summed E-state index contributed by atoms with van der Waals surface area (Å²) >= 11 is 0. The van der Waals surface area contributed by atoms with E-state index in [1.54, 1.807) is 0 Å². The van der Waals surface area contributed by atoms with E-state index in [1.165, 1.54) is 0 Å². The molecule has 0 bridgehead atoms. The minimum atomic E-state index is -3.25. The van der Waals surface area contributed by atoms with Gasteiger partial charge in [0.15, 0.2) is 0 Å². The highest BCUT2D eigenvalue weighted by molar-refractivity contribution is 7.90. The SMILES string of the molecule is CCCCCNC(=O)C(CCS(C)(=O)=O)NC(=O)OCc1ccccc1. The van der Waals surface area contributed by atoms with Crippen LogP contribution in [0.1, 0.15) is 38.2 Å². The first-order valence-corrected chi connectivity index (χ1v) is 10.8. The van der Waals surface area contributed by atoms with E-state index in [1.807, 2.05) is 30.3 Å². The topological polar surface area (TPSA) is 102 Å². The summed E-state index contributed by atoms with van der Waals surface area (Å²) in [5.74, 6) is -0.597. The summed E-state index contributed by atoms with van der Waals surface area (Å²) in [6, 6.07) is 8.19. The third-order valence-corrected chi connectivity index (χ3v) is 4.66. The molecule has 1 atom stereocenters. The first-order chi connectivity index (χ1) is 12.3. The van der Waals surface area contributed by atoms with Crippen LogP contribution in [0.3, 0.4) is 0 Å². The van der Waals surface area contributed by atoms with Crippen molar-refractivity contribution >= 4 is 21.8 Å². The first-order valence-electron chi connectivity index (χ1n) is 8.74. The van der Waals surface area contributed by atoms with Crippen LogP contribution in [0.25, 0.3) is 0 Å². The zero-order valence-corrected chi connectivity index (χ0v) is 16.2. The van der Waals surface area contributed by atoms with E-state index in [2.05, 4.69) is 17.6 Å². The number of alkyl carbamates (subject to hydrolysis) is 1. The molecule has 8 heteroatoms. The van der Waals surface area contributed by atoms with E-state index in [9.17, 15) is 18.0 Å². The van der Waals surface area contributed by atoms with Gasteiger partial charge < -0.3 is 15.4 Å². The van der Waals surface area contributed by atoms with Crippen LogP contribution in [-0.4, -0.2) is 45.0 Å². The third kappa shape index (κ3) is 10.0. The van der Waals surface area contributed by atoms with Crippen LogP contribution >= 0.6 is 0 Å². The Morgan fingerprint density at radius 3 is 2.46 bits per heavy atom. The lowest BCUT2D eigenvalue weighted by Crippen LogP contribution is -2.47. The van der Waals surface area contributed by atoms with Crippen molar-refractivity contribution in [2.24, 2.45) is 0 Å². The molecule has 0 aliphatic heterocycles. The Labute approximate surface area is 155 Å². The molecule has 26 heavy (non-hydrogen) atoms. The first kappa shape index (κ1) is 22.0. The quantitative estimate of drug-likeness (QED) is 0.569. The van der Waals surface area contributed by atoms with Crippen LogP contribution < -0.4 is 10.6 Å². The van der Waals surface area contributed by atoms with Gasteiger partial charge in [0.05, 0.1) is 5.75 Å². The van der Waals surface area contributed by atoms with Crippen LogP contribution in [0, 0.1) is 0 Å². The van der Waals surface area contributed by atoms with Gasteiger partial charge in [0.1, 0.15) is 22.5 Å². The molecule has 0 heterocycles. The molecule has 2 amide bonds. The number of sulfone groups is 1. The molecule has 1 aromatic rings. The Bertz CT molecular complexity index is 661. The summed E-state index contributed by atoms with van der Waals surface area (Å²) in [7, 11) is -3.25. The average molecular weight is 384 g/mol. The molecule has 7 nitrogen and oxygen atoms in total. The van der Waals surface area contributed by atoms with Gasteiger partial charge in [-0.05, 0) is 18.4 Å². The van der Waals surface area contributed by atoms with Crippen molar-refractivity contribution < 1.29 is 22.7 Å². The van der Waals surface area contributed by atoms with Gasteiger partial charge in [-0.15, -0.1) is 0 Å². The summed E-state index contributed by atoms with van der Waals surface area (Å²) in [6.07, 6.45) is 3.18. The highest BCUT2D eigenvalue weighted by Gasteiger charge is 2.22. The largest absolute Gasteiger partial charge is 0.445 e. The van der Waals surface area contributed by atoms with E-state index in [4.69, 9.17) is 4.74 Å².